The maximum atomic E-state index is 7.04. The Labute approximate surface area is 499 Å². The molecular weight excluding hydrogens is 1040 g/mol. The Morgan fingerprint density at radius 1 is 0.291 bits per heavy atom. The molecule has 0 aliphatic heterocycles. The summed E-state index contributed by atoms with van der Waals surface area (Å²) in [6, 6.07) is 99.3. The Bertz CT molecular complexity index is 5330. The first-order valence-electron chi connectivity index (χ1n) is 30.0. The van der Waals surface area contributed by atoms with Gasteiger partial charge in [-0.05, 0) is 157 Å². The molecule has 18 rings (SSSR count). The van der Waals surface area contributed by atoms with Crippen LogP contribution in [-0.2, 0) is 10.8 Å². The van der Waals surface area contributed by atoms with E-state index >= 15 is 0 Å². The SMILES string of the molecule is Cc1cccc2c1oc1c(-c3ccccc3N(c3ccccc3)c3cc4c(c5c3C(C)(C)c3ccc6ccccc6c3-5)-c3ccc(N(c5ccccc5)c5cccc6c5oc5c(C)cccc56)cc3C43c4ccccc4-c4ccccc43)cccc12. The maximum absolute atomic E-state index is 7.04. The first-order valence-corrected chi connectivity index (χ1v) is 30.0. The van der Waals surface area contributed by atoms with Crippen molar-refractivity contribution in [3.05, 3.63) is 311 Å². The summed E-state index contributed by atoms with van der Waals surface area (Å²) >= 11 is 0. The smallest absolute Gasteiger partial charge is 0.159 e. The lowest BCUT2D eigenvalue weighted by Crippen LogP contribution is -2.27. The van der Waals surface area contributed by atoms with Crippen LogP contribution in [0.4, 0.5) is 34.1 Å². The molecule has 13 aromatic carbocycles. The summed E-state index contributed by atoms with van der Waals surface area (Å²) in [6.45, 7) is 9.20. The third kappa shape index (κ3) is 6.48. The molecule has 0 atom stereocenters. The van der Waals surface area contributed by atoms with Gasteiger partial charge in [0.2, 0.25) is 0 Å². The van der Waals surface area contributed by atoms with Crippen LogP contribution in [0.15, 0.2) is 276 Å². The minimum Gasteiger partial charge on any atom is -0.455 e. The van der Waals surface area contributed by atoms with Crippen LogP contribution in [0.1, 0.15) is 58.4 Å². The van der Waals surface area contributed by atoms with Crippen molar-refractivity contribution >= 4 is 88.8 Å². The highest BCUT2D eigenvalue weighted by atomic mass is 16.3. The highest BCUT2D eigenvalue weighted by Gasteiger charge is 2.55. The largest absolute Gasteiger partial charge is 0.455 e. The van der Waals surface area contributed by atoms with Gasteiger partial charge in [0.25, 0.3) is 0 Å². The van der Waals surface area contributed by atoms with Crippen molar-refractivity contribution in [3.63, 3.8) is 0 Å². The van der Waals surface area contributed by atoms with Crippen LogP contribution in [0.25, 0.3) is 99.2 Å². The molecule has 3 aliphatic carbocycles. The molecule has 2 heterocycles. The third-order valence-electron chi connectivity index (χ3n) is 19.4. The van der Waals surface area contributed by atoms with E-state index in [4.69, 9.17) is 8.83 Å². The number of hydrogen-bond acceptors (Lipinski definition) is 4. The second-order valence-electron chi connectivity index (χ2n) is 24.3. The van der Waals surface area contributed by atoms with E-state index in [1.54, 1.807) is 0 Å². The van der Waals surface area contributed by atoms with Crippen molar-refractivity contribution < 1.29 is 8.83 Å². The fourth-order valence-electron chi connectivity index (χ4n) is 15.8. The molecule has 406 valence electrons. The number of benzene rings is 13. The Morgan fingerprint density at radius 2 is 0.814 bits per heavy atom. The van der Waals surface area contributed by atoms with Gasteiger partial charge in [-0.2, -0.15) is 0 Å². The number of nitrogens with zero attached hydrogens (tertiary/aromatic N) is 2. The quantitative estimate of drug-likeness (QED) is 0.159. The average molecular weight is 1100 g/mol. The van der Waals surface area contributed by atoms with Crippen molar-refractivity contribution in [3.8, 4) is 44.5 Å². The predicted octanol–water partition coefficient (Wildman–Crippen LogP) is 22.5. The Balaban J connectivity index is 0.985. The van der Waals surface area contributed by atoms with Crippen LogP contribution in [0.5, 0.6) is 0 Å². The van der Waals surface area contributed by atoms with Crippen molar-refractivity contribution in [2.75, 3.05) is 9.80 Å². The van der Waals surface area contributed by atoms with E-state index in [-0.39, 0.29) is 0 Å². The fourth-order valence-corrected chi connectivity index (χ4v) is 15.8. The van der Waals surface area contributed by atoms with Gasteiger partial charge in [-0.1, -0.05) is 226 Å². The topological polar surface area (TPSA) is 32.8 Å². The van der Waals surface area contributed by atoms with Gasteiger partial charge in [0.1, 0.15) is 16.7 Å². The lowest BCUT2D eigenvalue weighted by atomic mass is 9.69. The Hall–Kier alpha value is -10.7. The number of para-hydroxylation sites is 7. The standard InChI is InChI=1S/C82H56N2O2/c1-49-23-19-34-60-62-37-21-36-59(79(62)85-77(49)60)58-33-15-18-41-70(58)84(53-28-9-6-10-29-53)72-48-69-74(75-73-55-30-12-11-25-51(55)43-46-67(73)81(3,4)76(72)75)64-45-44-54(47-68(64)82(69)65-39-16-13-31-56(65)57-32-14-17-40-66(57)82)83(52-26-7-5-8-27-52)71-42-22-38-63-61-35-20-24-50(2)78(61)86-80(63)71/h5-48H,1-4H3. The van der Waals surface area contributed by atoms with Crippen LogP contribution >= 0.6 is 0 Å². The highest BCUT2D eigenvalue weighted by molar-refractivity contribution is 6.16. The van der Waals surface area contributed by atoms with Gasteiger partial charge in [-0.3, -0.25) is 0 Å². The van der Waals surface area contributed by atoms with Crippen LogP contribution < -0.4 is 9.80 Å². The van der Waals surface area contributed by atoms with E-state index in [9.17, 15) is 0 Å². The third-order valence-corrected chi connectivity index (χ3v) is 19.4. The lowest BCUT2D eigenvalue weighted by Gasteiger charge is -2.36. The van der Waals surface area contributed by atoms with Crippen LogP contribution in [0.2, 0.25) is 0 Å². The van der Waals surface area contributed by atoms with Gasteiger partial charge >= 0.3 is 0 Å². The molecule has 0 fully saturated rings. The number of fused-ring (bicyclic) bond motifs is 22. The number of furan rings is 2. The zero-order valence-electron chi connectivity index (χ0n) is 48.1. The first-order chi connectivity index (χ1) is 42.3. The van der Waals surface area contributed by atoms with Crippen molar-refractivity contribution in [1.82, 2.24) is 0 Å². The predicted molar refractivity (Wildman–Crippen MR) is 357 cm³/mol. The molecule has 0 amide bonds. The van der Waals surface area contributed by atoms with Gasteiger partial charge in [-0.15, -0.1) is 0 Å². The Morgan fingerprint density at radius 3 is 1.51 bits per heavy atom. The number of hydrogen-bond donors (Lipinski definition) is 0. The van der Waals surface area contributed by atoms with Gasteiger partial charge in [-0.25, -0.2) is 0 Å². The average Bonchev–Trinajstić information content (AvgIpc) is 1.49. The molecule has 15 aromatic rings. The van der Waals surface area contributed by atoms with Gasteiger partial charge in [0.05, 0.1) is 22.5 Å². The lowest BCUT2D eigenvalue weighted by molar-refractivity contribution is 0.660. The molecule has 0 N–H and O–H groups in total. The normalized spacial score (nSPS) is 13.8. The van der Waals surface area contributed by atoms with Gasteiger partial charge in [0.15, 0.2) is 5.58 Å². The van der Waals surface area contributed by atoms with Crippen LogP contribution in [-0.4, -0.2) is 0 Å². The Kier molecular flexibility index (Phi) is 10.2. The second-order valence-corrected chi connectivity index (χ2v) is 24.3. The zero-order chi connectivity index (χ0) is 57.2. The van der Waals surface area contributed by atoms with Crippen LogP contribution in [0.3, 0.4) is 0 Å². The van der Waals surface area contributed by atoms with E-state index in [0.29, 0.717) is 0 Å². The molecule has 0 radical (unpaired) electrons. The van der Waals surface area contributed by atoms with Gasteiger partial charge < -0.3 is 18.6 Å². The minimum absolute atomic E-state index is 0.466. The number of rotatable bonds is 7. The molecule has 0 saturated carbocycles. The van der Waals surface area contributed by atoms with E-state index in [1.165, 1.54) is 77.5 Å². The molecule has 86 heavy (non-hydrogen) atoms. The summed E-state index contributed by atoms with van der Waals surface area (Å²) in [5.41, 5.74) is 28.4. The van der Waals surface area contributed by atoms with Crippen LogP contribution in [0, 0.1) is 13.8 Å². The summed E-state index contributed by atoms with van der Waals surface area (Å²) in [4.78, 5) is 5.00. The maximum Gasteiger partial charge on any atom is 0.159 e. The van der Waals surface area contributed by atoms with Crippen molar-refractivity contribution in [1.29, 1.82) is 0 Å². The second kappa shape index (κ2) is 17.9. The van der Waals surface area contributed by atoms with Crippen molar-refractivity contribution in [2.24, 2.45) is 0 Å². The molecule has 4 nitrogen and oxygen atoms in total. The minimum atomic E-state index is -0.764. The molecule has 0 saturated heterocycles. The van der Waals surface area contributed by atoms with E-state index in [2.05, 4.69) is 304 Å². The molecule has 1 spiro atoms. The zero-order valence-corrected chi connectivity index (χ0v) is 48.1. The molecule has 0 bridgehead atoms. The monoisotopic (exact) mass is 1100 g/mol. The number of anilines is 6. The fraction of sp³-hybridized carbons (Fsp3) is 0.0732. The van der Waals surface area contributed by atoms with E-state index in [1.807, 2.05) is 0 Å². The van der Waals surface area contributed by atoms with Crippen molar-refractivity contribution in [2.45, 2.75) is 38.5 Å². The van der Waals surface area contributed by atoms with E-state index in [0.717, 1.165) is 100 Å². The summed E-state index contributed by atoms with van der Waals surface area (Å²) in [5.74, 6) is 0. The molecule has 4 heteroatoms. The molecule has 2 aromatic heterocycles. The first kappa shape index (κ1) is 48.8. The highest BCUT2D eigenvalue weighted by Crippen LogP contribution is 2.69. The summed E-state index contributed by atoms with van der Waals surface area (Å²) < 4.78 is 14.1. The molecular formula is C82H56N2O2. The molecule has 0 unspecified atom stereocenters. The summed E-state index contributed by atoms with van der Waals surface area (Å²) in [5, 5.41) is 6.92. The van der Waals surface area contributed by atoms with E-state index < -0.39 is 10.8 Å². The molecule has 3 aliphatic rings. The van der Waals surface area contributed by atoms with Gasteiger partial charge in [0, 0.05) is 55.1 Å². The summed E-state index contributed by atoms with van der Waals surface area (Å²) in [7, 11) is 0. The number of aryl methyl sites for hydroxylation is 2. The summed E-state index contributed by atoms with van der Waals surface area (Å²) in [6.07, 6.45) is 0.